The van der Waals surface area contributed by atoms with Gasteiger partial charge in [0.05, 0.1) is 4.90 Å². The number of benzene rings is 2. The lowest BCUT2D eigenvalue weighted by atomic mass is 9.83. The van der Waals surface area contributed by atoms with Crippen LogP contribution in [0.1, 0.15) is 33.7 Å². The summed E-state index contributed by atoms with van der Waals surface area (Å²) >= 11 is 6.27. The van der Waals surface area contributed by atoms with Crippen LogP contribution in [-0.4, -0.2) is 26.9 Å². The fraction of sp³-hybridized carbons (Fsp3) is 0.333. The van der Waals surface area contributed by atoms with Gasteiger partial charge in [-0.3, -0.25) is 0 Å². The van der Waals surface area contributed by atoms with E-state index < -0.39 is 10.0 Å². The van der Waals surface area contributed by atoms with Gasteiger partial charge in [0.25, 0.3) is 0 Å². The topological polar surface area (TPSA) is 63.4 Å². The second-order valence-corrected chi connectivity index (χ2v) is 8.58. The minimum Gasteiger partial charge on any atom is -0.301 e. The van der Waals surface area contributed by atoms with E-state index in [1.165, 1.54) is 11.1 Å². The fourth-order valence-corrected chi connectivity index (χ4v) is 4.59. The van der Waals surface area contributed by atoms with Crippen molar-refractivity contribution >= 4 is 21.6 Å². The molecule has 1 aliphatic rings. The number of hydrogen-bond donors (Lipinski definition) is 1. The van der Waals surface area contributed by atoms with E-state index in [2.05, 4.69) is 18.9 Å². The van der Waals surface area contributed by atoms with Crippen LogP contribution in [0.25, 0.3) is 0 Å². The minimum atomic E-state index is -3.74. The normalized spacial score (nSPS) is 18.5. The molecule has 1 unspecified atom stereocenters. The van der Waals surface area contributed by atoms with Crippen molar-refractivity contribution in [3.8, 4) is 0 Å². The van der Waals surface area contributed by atoms with E-state index >= 15 is 0 Å². The Hall–Kier alpha value is -1.40. The molecule has 128 valence electrons. The molecule has 3 rings (SSSR count). The SMILES string of the molecule is Cc1ccc(C2CN(C)Cc3c(C)cc(Cl)cc32)cc1S(N)(=O)=O. The number of halogens is 1. The second kappa shape index (κ2) is 6.15. The maximum atomic E-state index is 11.9. The van der Waals surface area contributed by atoms with Gasteiger partial charge < -0.3 is 4.90 Å². The second-order valence-electron chi connectivity index (χ2n) is 6.61. The third-order valence-electron chi connectivity index (χ3n) is 4.69. The molecule has 24 heavy (non-hydrogen) atoms. The van der Waals surface area contributed by atoms with Crippen LogP contribution in [0.15, 0.2) is 35.2 Å². The Labute approximate surface area is 148 Å². The first-order valence-corrected chi connectivity index (χ1v) is 9.70. The zero-order chi connectivity index (χ0) is 17.6. The smallest absolute Gasteiger partial charge is 0.238 e. The highest BCUT2D eigenvalue weighted by molar-refractivity contribution is 7.89. The molecule has 2 aromatic rings. The molecule has 6 heteroatoms. The summed E-state index contributed by atoms with van der Waals surface area (Å²) in [7, 11) is -1.67. The third-order valence-corrected chi connectivity index (χ3v) is 5.96. The van der Waals surface area contributed by atoms with Crippen LogP contribution < -0.4 is 5.14 Å². The van der Waals surface area contributed by atoms with Crippen LogP contribution in [-0.2, 0) is 16.6 Å². The van der Waals surface area contributed by atoms with E-state index in [0.717, 1.165) is 24.2 Å². The van der Waals surface area contributed by atoms with Crippen molar-refractivity contribution in [2.24, 2.45) is 5.14 Å². The Bertz CT molecular complexity index is 909. The first-order valence-electron chi connectivity index (χ1n) is 7.77. The molecule has 1 aliphatic heterocycles. The van der Waals surface area contributed by atoms with E-state index in [1.54, 1.807) is 13.0 Å². The van der Waals surface area contributed by atoms with Gasteiger partial charge in [-0.05, 0) is 66.9 Å². The molecule has 0 aromatic heterocycles. The number of primary sulfonamides is 1. The van der Waals surface area contributed by atoms with Crippen molar-refractivity contribution in [2.75, 3.05) is 13.6 Å². The Kier molecular flexibility index (Phi) is 4.47. The van der Waals surface area contributed by atoms with Crippen molar-refractivity contribution < 1.29 is 8.42 Å². The van der Waals surface area contributed by atoms with Crippen LogP contribution >= 0.6 is 11.6 Å². The summed E-state index contributed by atoms with van der Waals surface area (Å²) in [6.07, 6.45) is 0. The summed E-state index contributed by atoms with van der Waals surface area (Å²) < 4.78 is 23.7. The monoisotopic (exact) mass is 364 g/mol. The molecular weight excluding hydrogens is 344 g/mol. The molecular formula is C18H21ClN2O2S. The van der Waals surface area contributed by atoms with Crippen LogP contribution in [0.4, 0.5) is 0 Å². The molecule has 0 radical (unpaired) electrons. The number of nitrogens with zero attached hydrogens (tertiary/aromatic N) is 1. The van der Waals surface area contributed by atoms with Crippen molar-refractivity contribution in [2.45, 2.75) is 31.2 Å². The number of aryl methyl sites for hydroxylation is 2. The van der Waals surface area contributed by atoms with E-state index in [9.17, 15) is 8.42 Å². The highest BCUT2D eigenvalue weighted by atomic mass is 35.5. The number of likely N-dealkylation sites (N-methyl/N-ethyl adjacent to an activating group) is 1. The van der Waals surface area contributed by atoms with E-state index in [0.29, 0.717) is 10.6 Å². The Morgan fingerprint density at radius 3 is 2.54 bits per heavy atom. The van der Waals surface area contributed by atoms with Gasteiger partial charge in [-0.15, -0.1) is 0 Å². The van der Waals surface area contributed by atoms with Crippen molar-refractivity contribution in [3.05, 3.63) is 63.2 Å². The molecule has 0 aliphatic carbocycles. The Balaban J connectivity index is 2.18. The Morgan fingerprint density at radius 1 is 1.17 bits per heavy atom. The van der Waals surface area contributed by atoms with E-state index in [-0.39, 0.29) is 10.8 Å². The first kappa shape index (κ1) is 17.4. The quantitative estimate of drug-likeness (QED) is 0.890. The summed E-state index contributed by atoms with van der Waals surface area (Å²) in [6, 6.07) is 9.47. The largest absolute Gasteiger partial charge is 0.301 e. The third kappa shape index (κ3) is 3.22. The molecule has 1 heterocycles. The average Bonchev–Trinajstić information content (AvgIpc) is 2.47. The maximum absolute atomic E-state index is 11.9. The molecule has 2 N–H and O–H groups in total. The molecule has 2 aromatic carbocycles. The summed E-state index contributed by atoms with van der Waals surface area (Å²) in [5, 5.41) is 6.07. The van der Waals surface area contributed by atoms with Gasteiger partial charge in [0.1, 0.15) is 0 Å². The summed E-state index contributed by atoms with van der Waals surface area (Å²) in [6.45, 7) is 5.49. The standard InChI is InChI=1S/C18H21ClN2O2S/c1-11-4-5-13(7-18(11)24(20,22)23)17-10-21(3)9-16-12(2)6-14(19)8-15(16)17/h4-8,17H,9-10H2,1-3H3,(H2,20,22,23). The molecule has 0 amide bonds. The molecule has 4 nitrogen and oxygen atoms in total. The van der Waals surface area contributed by atoms with Gasteiger partial charge in [0.15, 0.2) is 0 Å². The van der Waals surface area contributed by atoms with Crippen molar-refractivity contribution in [3.63, 3.8) is 0 Å². The van der Waals surface area contributed by atoms with Gasteiger partial charge in [0.2, 0.25) is 10.0 Å². The van der Waals surface area contributed by atoms with Gasteiger partial charge in [-0.25, -0.2) is 13.6 Å². The Morgan fingerprint density at radius 2 is 1.88 bits per heavy atom. The fourth-order valence-electron chi connectivity index (χ4n) is 3.50. The summed E-state index contributed by atoms with van der Waals surface area (Å²) in [5.74, 6) is 0.0669. The molecule has 0 bridgehead atoms. The number of sulfonamides is 1. The summed E-state index contributed by atoms with van der Waals surface area (Å²) in [5.41, 5.74) is 5.19. The lowest BCUT2D eigenvalue weighted by molar-refractivity contribution is 0.294. The van der Waals surface area contributed by atoms with Gasteiger partial charge in [-0.2, -0.15) is 0 Å². The molecule has 1 atom stereocenters. The zero-order valence-electron chi connectivity index (χ0n) is 14.0. The van der Waals surface area contributed by atoms with Crippen LogP contribution in [0.3, 0.4) is 0 Å². The first-order chi connectivity index (χ1) is 11.2. The number of nitrogens with two attached hydrogens (primary N) is 1. The molecule has 0 saturated heterocycles. The van der Waals surface area contributed by atoms with Gasteiger partial charge >= 0.3 is 0 Å². The average molecular weight is 365 g/mol. The predicted octanol–water partition coefficient (Wildman–Crippen LogP) is 3.18. The molecule has 0 fully saturated rings. The highest BCUT2D eigenvalue weighted by Crippen LogP contribution is 2.37. The van der Waals surface area contributed by atoms with Crippen LogP contribution in [0.2, 0.25) is 5.02 Å². The van der Waals surface area contributed by atoms with Gasteiger partial charge in [-0.1, -0.05) is 23.7 Å². The van der Waals surface area contributed by atoms with Gasteiger partial charge in [0, 0.05) is 24.0 Å². The number of hydrogen-bond acceptors (Lipinski definition) is 3. The molecule has 0 spiro atoms. The zero-order valence-corrected chi connectivity index (χ0v) is 15.6. The van der Waals surface area contributed by atoms with Crippen LogP contribution in [0.5, 0.6) is 0 Å². The van der Waals surface area contributed by atoms with Crippen LogP contribution in [0, 0.1) is 13.8 Å². The highest BCUT2D eigenvalue weighted by Gasteiger charge is 2.27. The maximum Gasteiger partial charge on any atom is 0.238 e. The molecule has 0 saturated carbocycles. The van der Waals surface area contributed by atoms with E-state index in [4.69, 9.17) is 16.7 Å². The van der Waals surface area contributed by atoms with Crippen molar-refractivity contribution in [1.29, 1.82) is 0 Å². The lowest BCUT2D eigenvalue weighted by Gasteiger charge is -2.34. The number of fused-ring (bicyclic) bond motifs is 1. The summed E-state index contributed by atoms with van der Waals surface area (Å²) in [4.78, 5) is 2.43. The van der Waals surface area contributed by atoms with E-state index in [1.807, 2.05) is 24.3 Å². The predicted molar refractivity (Wildman–Crippen MR) is 96.9 cm³/mol. The minimum absolute atomic E-state index is 0.0669. The lowest BCUT2D eigenvalue weighted by Crippen LogP contribution is -2.31. The van der Waals surface area contributed by atoms with Crippen molar-refractivity contribution in [1.82, 2.24) is 4.90 Å². The number of rotatable bonds is 2.